The van der Waals surface area contributed by atoms with Crippen LogP contribution in [-0.4, -0.2) is 105 Å². The number of hydrogen-bond acceptors (Lipinski definition) is 10. The summed E-state index contributed by atoms with van der Waals surface area (Å²) in [5.74, 6) is -6.72. The number of aliphatic carboxylic acids is 1. The van der Waals surface area contributed by atoms with Crippen LogP contribution in [-0.2, 0) is 38.4 Å². The molecule has 0 aromatic rings. The largest absolute Gasteiger partial charge is 0.481 e. The van der Waals surface area contributed by atoms with Gasteiger partial charge in [-0.3, -0.25) is 38.4 Å². The van der Waals surface area contributed by atoms with Crippen LogP contribution in [0.25, 0.3) is 0 Å². The monoisotopic (exact) mass is 828 g/mol. The topological polar surface area (TPSA) is 295 Å². The minimum Gasteiger partial charge on any atom is -0.481 e. The van der Waals surface area contributed by atoms with Crippen molar-refractivity contribution in [2.45, 2.75) is 200 Å². The molecule has 0 aliphatic rings. The smallest absolute Gasteiger partial charge is 0.303 e. The zero-order valence-electron chi connectivity index (χ0n) is 35.5. The molecule has 18 heteroatoms. The van der Waals surface area contributed by atoms with Gasteiger partial charge in [0, 0.05) is 19.3 Å². The number of amides is 7. The Balaban J connectivity index is 4.91. The van der Waals surface area contributed by atoms with Crippen molar-refractivity contribution in [3.63, 3.8) is 0 Å². The lowest BCUT2D eigenvalue weighted by Gasteiger charge is -2.25. The first-order valence-electron chi connectivity index (χ1n) is 21.0. The van der Waals surface area contributed by atoms with E-state index < -0.39 is 96.8 Å². The molecule has 0 rings (SSSR count). The highest BCUT2D eigenvalue weighted by Gasteiger charge is 2.31. The van der Waals surface area contributed by atoms with Gasteiger partial charge in [0.15, 0.2) is 6.29 Å². The molecule has 0 spiro atoms. The fraction of sp³-hybridized carbons (Fsp3) is 0.800. The Morgan fingerprint density at radius 1 is 0.483 bits per heavy atom. The number of unbranched alkanes of at least 4 members (excludes halogenated alkanes) is 12. The number of carbonyl (C=O) groups is 8. The van der Waals surface area contributed by atoms with E-state index in [4.69, 9.17) is 21.1 Å². The van der Waals surface area contributed by atoms with E-state index >= 15 is 0 Å². The van der Waals surface area contributed by atoms with E-state index in [2.05, 4.69) is 38.8 Å². The first-order chi connectivity index (χ1) is 27.3. The fourth-order valence-electron chi connectivity index (χ4n) is 5.97. The van der Waals surface area contributed by atoms with Crippen LogP contribution in [0, 0.1) is 5.92 Å². The maximum atomic E-state index is 13.1. The summed E-state index contributed by atoms with van der Waals surface area (Å²) in [5.41, 5.74) is 5.28. The van der Waals surface area contributed by atoms with Crippen molar-refractivity contribution >= 4 is 47.3 Å². The van der Waals surface area contributed by atoms with Gasteiger partial charge in [-0.25, -0.2) is 0 Å². The Morgan fingerprint density at radius 2 is 0.897 bits per heavy atom. The number of carboxylic acid groups (broad SMARTS) is 1. The number of carboxylic acids is 1. The molecule has 0 aliphatic heterocycles. The second kappa shape index (κ2) is 30.7. The Hall–Kier alpha value is -4.32. The quantitative estimate of drug-likeness (QED) is 0.0334. The summed E-state index contributed by atoms with van der Waals surface area (Å²) in [6, 6.07) is -7.27. The number of carbonyl (C=O) groups excluding carboxylic acids is 7. The molecule has 0 saturated carbocycles. The molecule has 58 heavy (non-hydrogen) atoms. The number of aliphatic hydroxyl groups excluding tert-OH is 1. The van der Waals surface area contributed by atoms with Crippen LogP contribution in [0.15, 0.2) is 0 Å². The molecule has 0 bridgehead atoms. The summed E-state index contributed by atoms with van der Waals surface area (Å²) < 4.78 is 0. The normalized spacial score (nSPS) is 14.3. The van der Waals surface area contributed by atoms with Crippen molar-refractivity contribution in [3.8, 4) is 0 Å². The van der Waals surface area contributed by atoms with Crippen LogP contribution >= 0.6 is 0 Å². The SMILES string of the molecule is CCCCCCCCCCCCCCCC(=O)N[C@H](C(=O)N[C@@H](C)C(=O)N[C@@H](C)C(=O)N[C@@H](C)C(=O)N[C@@H](CCC(=O)O)C(=O)N[C@@H](CCC(O)O)C(N)=O)C(C)C. The number of nitrogens with two attached hydrogens (primary N) is 1. The van der Waals surface area contributed by atoms with Gasteiger partial charge in [0.25, 0.3) is 0 Å². The molecule has 0 aromatic carbocycles. The van der Waals surface area contributed by atoms with Gasteiger partial charge in [-0.2, -0.15) is 0 Å². The van der Waals surface area contributed by atoms with E-state index in [-0.39, 0.29) is 31.1 Å². The van der Waals surface area contributed by atoms with E-state index in [1.807, 2.05) is 0 Å². The highest BCUT2D eigenvalue weighted by Crippen LogP contribution is 2.13. The first kappa shape index (κ1) is 53.7. The Morgan fingerprint density at radius 3 is 1.31 bits per heavy atom. The average Bonchev–Trinajstić information content (AvgIpc) is 3.14. The second-order valence-corrected chi connectivity index (χ2v) is 15.5. The molecule has 0 radical (unpaired) electrons. The Labute approximate surface area is 343 Å². The summed E-state index contributed by atoms with van der Waals surface area (Å²) in [5, 5.41) is 42.1. The minimum absolute atomic E-state index is 0.245. The van der Waals surface area contributed by atoms with Gasteiger partial charge in [-0.1, -0.05) is 97.8 Å². The average molecular weight is 828 g/mol. The lowest BCUT2D eigenvalue weighted by atomic mass is 10.0. The first-order valence-corrected chi connectivity index (χ1v) is 21.0. The molecule has 0 unspecified atom stereocenters. The number of primary amides is 1. The zero-order chi connectivity index (χ0) is 44.2. The molecule has 0 aliphatic carbocycles. The molecule has 6 atom stereocenters. The summed E-state index contributed by atoms with van der Waals surface area (Å²) in [6.45, 7) is 9.81. The molecule has 11 N–H and O–H groups in total. The zero-order valence-corrected chi connectivity index (χ0v) is 35.5. The van der Waals surface area contributed by atoms with Crippen LogP contribution in [0.5, 0.6) is 0 Å². The predicted octanol–water partition coefficient (Wildman–Crippen LogP) is 1.53. The summed E-state index contributed by atoms with van der Waals surface area (Å²) >= 11 is 0. The maximum Gasteiger partial charge on any atom is 0.303 e. The van der Waals surface area contributed by atoms with Crippen LogP contribution in [0.2, 0.25) is 0 Å². The molecule has 0 heterocycles. The molecule has 18 nitrogen and oxygen atoms in total. The third-order valence-electron chi connectivity index (χ3n) is 9.68. The van der Waals surface area contributed by atoms with Gasteiger partial charge in [-0.05, 0) is 46.0 Å². The number of rotatable bonds is 33. The van der Waals surface area contributed by atoms with Crippen molar-refractivity contribution in [2.75, 3.05) is 0 Å². The van der Waals surface area contributed by atoms with Crippen LogP contribution < -0.4 is 37.6 Å². The van der Waals surface area contributed by atoms with E-state index in [0.717, 1.165) is 19.3 Å². The number of aliphatic hydroxyl groups is 2. The standard InChI is InChI=1S/C40H73N7O11/c1-7-8-9-10-11-12-13-14-15-16-17-18-19-20-31(48)47-34(25(2)3)40(58)44-27(5)37(55)42-26(4)36(54)43-28(6)38(56)46-30(22-24-33(51)52)39(57)45-29(35(41)53)21-23-32(49)50/h25-30,32,34,49-50H,7-24H2,1-6H3,(H2,41,53)(H,42,55)(H,43,54)(H,44,58)(H,45,57)(H,46,56)(H,47,48)(H,51,52)/t26-,27-,28-,29-,30-,34-/m0/s1. The summed E-state index contributed by atoms with van der Waals surface area (Å²) in [6.07, 6.45) is 12.5. The molecular formula is C40H73N7O11. The lowest BCUT2D eigenvalue weighted by Crippen LogP contribution is -2.58. The van der Waals surface area contributed by atoms with Gasteiger partial charge < -0.3 is 53.0 Å². The third kappa shape index (κ3) is 25.1. The van der Waals surface area contributed by atoms with Gasteiger partial charge in [0.2, 0.25) is 41.4 Å². The Bertz CT molecular complexity index is 1300. The van der Waals surface area contributed by atoms with Crippen LogP contribution in [0.1, 0.15) is 157 Å². The predicted molar refractivity (Wildman–Crippen MR) is 217 cm³/mol. The van der Waals surface area contributed by atoms with Crippen LogP contribution in [0.3, 0.4) is 0 Å². The highest BCUT2D eigenvalue weighted by atomic mass is 16.5. The highest BCUT2D eigenvalue weighted by molar-refractivity contribution is 5.96. The fourth-order valence-corrected chi connectivity index (χ4v) is 5.97. The van der Waals surface area contributed by atoms with E-state index in [9.17, 15) is 38.4 Å². The van der Waals surface area contributed by atoms with E-state index in [0.29, 0.717) is 6.42 Å². The third-order valence-corrected chi connectivity index (χ3v) is 9.68. The maximum absolute atomic E-state index is 13.1. The molecule has 0 fully saturated rings. The van der Waals surface area contributed by atoms with Gasteiger partial charge >= 0.3 is 5.97 Å². The molecular weight excluding hydrogens is 754 g/mol. The number of nitrogens with one attached hydrogen (secondary N) is 6. The van der Waals surface area contributed by atoms with Crippen molar-refractivity contribution < 1.29 is 53.7 Å². The molecule has 334 valence electrons. The molecule has 7 amide bonds. The second-order valence-electron chi connectivity index (χ2n) is 15.5. The van der Waals surface area contributed by atoms with Crippen molar-refractivity contribution in [1.82, 2.24) is 31.9 Å². The minimum atomic E-state index is -1.78. The van der Waals surface area contributed by atoms with E-state index in [1.165, 1.54) is 78.6 Å². The van der Waals surface area contributed by atoms with Crippen molar-refractivity contribution in [1.29, 1.82) is 0 Å². The lowest BCUT2D eigenvalue weighted by molar-refractivity contribution is -0.138. The van der Waals surface area contributed by atoms with Gasteiger partial charge in [0.05, 0.1) is 0 Å². The summed E-state index contributed by atoms with van der Waals surface area (Å²) in [4.78, 5) is 100. The van der Waals surface area contributed by atoms with Crippen molar-refractivity contribution in [2.24, 2.45) is 11.7 Å². The summed E-state index contributed by atoms with van der Waals surface area (Å²) in [7, 11) is 0. The van der Waals surface area contributed by atoms with Crippen LogP contribution in [0.4, 0.5) is 0 Å². The molecule has 0 saturated heterocycles. The molecule has 0 aromatic heterocycles. The Kier molecular flexibility index (Phi) is 28.4. The van der Waals surface area contributed by atoms with Gasteiger partial charge in [0.1, 0.15) is 36.3 Å². The van der Waals surface area contributed by atoms with Crippen molar-refractivity contribution in [3.05, 3.63) is 0 Å². The number of hydrogen-bond donors (Lipinski definition) is 10. The van der Waals surface area contributed by atoms with E-state index in [1.54, 1.807) is 13.8 Å². The van der Waals surface area contributed by atoms with Gasteiger partial charge in [-0.15, -0.1) is 0 Å².